The van der Waals surface area contributed by atoms with Crippen LogP contribution in [0.1, 0.15) is 12.0 Å². The Morgan fingerprint density at radius 3 is 2.82 bits per heavy atom. The Morgan fingerprint density at radius 2 is 2.18 bits per heavy atom. The van der Waals surface area contributed by atoms with Crippen LogP contribution >= 0.6 is 0 Å². The zero-order valence-electron chi connectivity index (χ0n) is 12.0. The predicted molar refractivity (Wildman–Crippen MR) is 79.9 cm³/mol. The molecule has 0 saturated heterocycles. The second-order valence-corrected chi connectivity index (χ2v) is 6.52. The molecule has 0 aliphatic carbocycles. The highest BCUT2D eigenvalue weighted by molar-refractivity contribution is 7.89. The number of hydrogen-bond acceptors (Lipinski definition) is 5. The van der Waals surface area contributed by atoms with Crippen molar-refractivity contribution in [2.45, 2.75) is 24.8 Å². The average Bonchev–Trinajstić information content (AvgIpc) is 2.97. The summed E-state index contributed by atoms with van der Waals surface area (Å²) in [6, 6.07) is 3.87. The fraction of sp³-hybridized carbons (Fsp3) is 0.308. The van der Waals surface area contributed by atoms with Crippen LogP contribution < -0.4 is 4.72 Å². The minimum atomic E-state index is -3.75. The first kappa shape index (κ1) is 16.1. The largest absolute Gasteiger partial charge is 0.337 e. The van der Waals surface area contributed by atoms with Gasteiger partial charge in [-0.15, -0.1) is 0 Å². The van der Waals surface area contributed by atoms with E-state index in [0.717, 1.165) is 6.07 Å². The number of nitrogens with one attached hydrogen (secondary N) is 1. The summed E-state index contributed by atoms with van der Waals surface area (Å²) in [7, 11) is -3.75. The van der Waals surface area contributed by atoms with E-state index in [1.807, 2.05) is 4.57 Å². The Kier molecular flexibility index (Phi) is 4.88. The van der Waals surface area contributed by atoms with Crippen LogP contribution in [0.15, 0.2) is 41.8 Å². The number of imidazole rings is 1. The van der Waals surface area contributed by atoms with Gasteiger partial charge in [-0.3, -0.25) is 10.1 Å². The Hall–Kier alpha value is -2.26. The normalized spacial score (nSPS) is 11.5. The van der Waals surface area contributed by atoms with Crippen molar-refractivity contribution >= 4 is 15.7 Å². The molecule has 0 amide bonds. The molecule has 1 heterocycles. The number of nitro benzene ring substituents is 1. The summed E-state index contributed by atoms with van der Waals surface area (Å²) < 4.78 is 28.5. The molecule has 0 fully saturated rings. The van der Waals surface area contributed by atoms with Gasteiger partial charge in [0, 0.05) is 37.1 Å². The van der Waals surface area contributed by atoms with Gasteiger partial charge in [-0.25, -0.2) is 18.1 Å². The number of hydrogen-bond donors (Lipinski definition) is 1. The summed E-state index contributed by atoms with van der Waals surface area (Å²) in [6.45, 7) is 2.44. The maximum atomic E-state index is 12.1. The second-order valence-electron chi connectivity index (χ2n) is 4.76. The van der Waals surface area contributed by atoms with E-state index in [-0.39, 0.29) is 17.1 Å². The molecule has 0 aliphatic rings. The fourth-order valence-corrected chi connectivity index (χ4v) is 3.02. The van der Waals surface area contributed by atoms with Crippen LogP contribution in [0.2, 0.25) is 0 Å². The van der Waals surface area contributed by atoms with Gasteiger partial charge in [-0.05, 0) is 19.4 Å². The van der Waals surface area contributed by atoms with E-state index in [9.17, 15) is 18.5 Å². The van der Waals surface area contributed by atoms with Crippen molar-refractivity contribution in [3.63, 3.8) is 0 Å². The standard InChI is InChI=1S/C13H16N4O4S/c1-11-3-4-12(9-13(11)17(18)19)22(20,21)15-5-2-7-16-8-6-14-10-16/h3-4,6,8-10,15H,2,5,7H2,1H3. The van der Waals surface area contributed by atoms with Crippen LogP contribution in [0.3, 0.4) is 0 Å². The first-order chi connectivity index (χ1) is 10.4. The number of aryl methyl sites for hydroxylation is 2. The molecule has 22 heavy (non-hydrogen) atoms. The fourth-order valence-electron chi connectivity index (χ4n) is 1.92. The van der Waals surface area contributed by atoms with E-state index in [1.165, 1.54) is 12.1 Å². The lowest BCUT2D eigenvalue weighted by Gasteiger charge is -2.08. The summed E-state index contributed by atoms with van der Waals surface area (Å²) in [5.41, 5.74) is 0.213. The number of sulfonamides is 1. The van der Waals surface area contributed by atoms with Crippen molar-refractivity contribution < 1.29 is 13.3 Å². The number of aromatic nitrogens is 2. The zero-order valence-corrected chi connectivity index (χ0v) is 12.8. The maximum absolute atomic E-state index is 12.1. The van der Waals surface area contributed by atoms with Crippen molar-refractivity contribution in [3.05, 3.63) is 52.6 Å². The first-order valence-electron chi connectivity index (χ1n) is 6.60. The van der Waals surface area contributed by atoms with Crippen LogP contribution in [0.5, 0.6) is 0 Å². The molecule has 0 bridgehead atoms. The highest BCUT2D eigenvalue weighted by Crippen LogP contribution is 2.21. The summed E-state index contributed by atoms with van der Waals surface area (Å²) in [5.74, 6) is 0. The van der Waals surface area contributed by atoms with Crippen LogP contribution in [0.4, 0.5) is 5.69 Å². The molecule has 0 unspecified atom stereocenters. The van der Waals surface area contributed by atoms with Gasteiger partial charge in [0.15, 0.2) is 0 Å². The van der Waals surface area contributed by atoms with E-state index in [0.29, 0.717) is 18.5 Å². The third-order valence-corrected chi connectivity index (χ3v) is 4.59. The van der Waals surface area contributed by atoms with E-state index >= 15 is 0 Å². The van der Waals surface area contributed by atoms with Gasteiger partial charge < -0.3 is 4.57 Å². The number of rotatable bonds is 7. The van der Waals surface area contributed by atoms with Crippen molar-refractivity contribution in [3.8, 4) is 0 Å². The van der Waals surface area contributed by atoms with Crippen molar-refractivity contribution in [1.29, 1.82) is 0 Å². The molecule has 0 saturated carbocycles. The van der Waals surface area contributed by atoms with Gasteiger partial charge in [-0.1, -0.05) is 6.07 Å². The molecule has 1 aromatic carbocycles. The predicted octanol–water partition coefficient (Wildman–Crippen LogP) is 1.47. The first-order valence-corrected chi connectivity index (χ1v) is 8.09. The smallest absolute Gasteiger partial charge is 0.273 e. The lowest BCUT2D eigenvalue weighted by atomic mass is 10.2. The molecule has 0 radical (unpaired) electrons. The van der Waals surface area contributed by atoms with Gasteiger partial charge >= 0.3 is 0 Å². The molecular formula is C13H16N4O4S. The molecule has 0 atom stereocenters. The second kappa shape index (κ2) is 6.67. The number of benzene rings is 1. The van der Waals surface area contributed by atoms with E-state index in [4.69, 9.17) is 0 Å². The monoisotopic (exact) mass is 324 g/mol. The number of nitrogens with zero attached hydrogens (tertiary/aromatic N) is 3. The van der Waals surface area contributed by atoms with Crippen molar-refractivity contribution in [2.75, 3.05) is 6.54 Å². The van der Waals surface area contributed by atoms with E-state index in [1.54, 1.807) is 25.6 Å². The molecule has 9 heteroatoms. The molecule has 0 spiro atoms. The third-order valence-electron chi connectivity index (χ3n) is 3.13. The topological polar surface area (TPSA) is 107 Å². The van der Waals surface area contributed by atoms with Crippen molar-refractivity contribution in [1.82, 2.24) is 14.3 Å². The maximum Gasteiger partial charge on any atom is 0.273 e. The highest BCUT2D eigenvalue weighted by Gasteiger charge is 2.19. The Morgan fingerprint density at radius 1 is 1.41 bits per heavy atom. The summed E-state index contributed by atoms with van der Waals surface area (Å²) >= 11 is 0. The molecule has 8 nitrogen and oxygen atoms in total. The van der Waals surface area contributed by atoms with Crippen LogP contribution in [-0.2, 0) is 16.6 Å². The van der Waals surface area contributed by atoms with Gasteiger partial charge in [0.1, 0.15) is 0 Å². The van der Waals surface area contributed by atoms with Crippen LogP contribution in [0.25, 0.3) is 0 Å². The van der Waals surface area contributed by atoms with Gasteiger partial charge in [0.25, 0.3) is 5.69 Å². The van der Waals surface area contributed by atoms with Gasteiger partial charge in [0.2, 0.25) is 10.0 Å². The summed E-state index contributed by atoms with van der Waals surface area (Å²) in [5, 5.41) is 10.9. The quantitative estimate of drug-likeness (QED) is 0.471. The van der Waals surface area contributed by atoms with E-state index in [2.05, 4.69) is 9.71 Å². The minimum Gasteiger partial charge on any atom is -0.337 e. The average molecular weight is 324 g/mol. The Bertz CT molecular complexity index is 756. The summed E-state index contributed by atoms with van der Waals surface area (Å²) in [6.07, 6.45) is 5.68. The Balaban J connectivity index is 2.00. The van der Waals surface area contributed by atoms with Crippen molar-refractivity contribution in [2.24, 2.45) is 0 Å². The molecule has 2 rings (SSSR count). The molecule has 2 aromatic rings. The van der Waals surface area contributed by atoms with Crippen LogP contribution in [-0.4, -0.2) is 29.4 Å². The SMILES string of the molecule is Cc1ccc(S(=O)(=O)NCCCn2ccnc2)cc1[N+](=O)[O-]. The molecule has 0 aliphatic heterocycles. The van der Waals surface area contributed by atoms with Gasteiger partial charge in [-0.2, -0.15) is 0 Å². The minimum absolute atomic E-state index is 0.104. The summed E-state index contributed by atoms with van der Waals surface area (Å²) in [4.78, 5) is 14.1. The zero-order chi connectivity index (χ0) is 16.2. The third kappa shape index (κ3) is 3.89. The van der Waals surface area contributed by atoms with E-state index < -0.39 is 14.9 Å². The molecular weight excluding hydrogens is 308 g/mol. The Labute approximate surface area is 128 Å². The molecule has 1 aromatic heterocycles. The highest BCUT2D eigenvalue weighted by atomic mass is 32.2. The lowest BCUT2D eigenvalue weighted by Crippen LogP contribution is -2.25. The lowest BCUT2D eigenvalue weighted by molar-refractivity contribution is -0.385. The van der Waals surface area contributed by atoms with Gasteiger partial charge in [0.05, 0.1) is 16.1 Å². The molecule has 118 valence electrons. The van der Waals surface area contributed by atoms with Crippen LogP contribution in [0, 0.1) is 17.0 Å². The number of nitro groups is 1. The molecule has 1 N–H and O–H groups in total.